The van der Waals surface area contributed by atoms with Crippen LogP contribution in [0.3, 0.4) is 0 Å². The van der Waals surface area contributed by atoms with E-state index in [1.54, 1.807) is 0 Å². The smallest absolute Gasteiger partial charge is 0.310 e. The third-order valence-electron chi connectivity index (χ3n) is 14.7. The summed E-state index contributed by atoms with van der Waals surface area (Å²) in [6.45, 7) is 0. The average Bonchev–Trinajstić information content (AvgIpc) is 2.84. The molecule has 14 saturated carbocycles. The van der Waals surface area contributed by atoms with Gasteiger partial charge < -0.3 is 9.94 Å². The summed E-state index contributed by atoms with van der Waals surface area (Å²) in [5.74, 6) is 9.91. The second kappa shape index (κ2) is 6.38. The molecule has 6 nitrogen and oxygen atoms in total. The zero-order valence-electron chi connectivity index (χ0n) is 20.6. The molecule has 6 heteroatoms. The molecule has 0 radical (unpaired) electrons. The van der Waals surface area contributed by atoms with Gasteiger partial charge in [0.25, 0.3) is 5.09 Å². The van der Waals surface area contributed by atoms with Gasteiger partial charge in [0.15, 0.2) is 0 Å². The molecule has 0 saturated heterocycles. The Hall–Kier alpha value is -1.33. The zero-order valence-corrected chi connectivity index (χ0v) is 20.6. The summed E-state index contributed by atoms with van der Waals surface area (Å²) in [5.41, 5.74) is -0.614. The molecular weight excluding hydrogens is 442 g/mol. The van der Waals surface area contributed by atoms with Crippen LogP contribution in [0, 0.1) is 98.4 Å². The number of rotatable bonds is 3. The maximum Gasteiger partial charge on any atom is 0.310 e. The first-order valence-electron chi connectivity index (χ1n) is 14.9. The van der Waals surface area contributed by atoms with Gasteiger partial charge in [-0.1, -0.05) is 0 Å². The normalized spacial score (nSPS) is 63.9. The van der Waals surface area contributed by atoms with Gasteiger partial charge in [-0.15, -0.1) is 10.1 Å². The van der Waals surface area contributed by atoms with E-state index in [2.05, 4.69) is 0 Å². The van der Waals surface area contributed by atoms with Crippen molar-refractivity contribution in [3.8, 4) is 0 Å². The molecule has 0 spiro atoms. The van der Waals surface area contributed by atoms with Gasteiger partial charge in [0.2, 0.25) is 0 Å². The number of nitrogens with zero attached hydrogens (tertiary/aromatic N) is 1. The van der Waals surface area contributed by atoms with Crippen molar-refractivity contribution >= 4 is 5.97 Å². The van der Waals surface area contributed by atoms with Gasteiger partial charge in [0.1, 0.15) is 5.60 Å². The third-order valence-corrected chi connectivity index (χ3v) is 14.7. The molecule has 14 fully saturated rings. The molecule has 14 aliphatic rings. The fourth-order valence-corrected chi connectivity index (χ4v) is 14.5. The first-order chi connectivity index (χ1) is 16.9. The molecule has 16 bridgehead atoms. The minimum Gasteiger partial charge on any atom is -0.481 e. The summed E-state index contributed by atoms with van der Waals surface area (Å²) in [5, 5.41) is 20.4. The Morgan fingerprint density at radius 2 is 1.09 bits per heavy atom. The summed E-state index contributed by atoms with van der Waals surface area (Å²) in [7, 11) is 0. The Labute approximate surface area is 207 Å². The van der Waals surface area contributed by atoms with Crippen LogP contribution in [0.4, 0.5) is 0 Å². The highest BCUT2D eigenvalue weighted by Gasteiger charge is 2.73. The van der Waals surface area contributed by atoms with E-state index in [1.807, 2.05) is 0 Å². The highest BCUT2D eigenvalue weighted by atomic mass is 17.0. The summed E-state index contributed by atoms with van der Waals surface area (Å²) >= 11 is 0. The summed E-state index contributed by atoms with van der Waals surface area (Å²) < 4.78 is 0. The van der Waals surface area contributed by atoms with Crippen molar-refractivity contribution in [1.29, 1.82) is 0 Å². The van der Waals surface area contributed by atoms with E-state index in [-0.39, 0.29) is 11.0 Å². The van der Waals surface area contributed by atoms with Crippen molar-refractivity contribution in [3.05, 3.63) is 10.1 Å². The van der Waals surface area contributed by atoms with Gasteiger partial charge in [0.05, 0.1) is 5.41 Å². The molecule has 0 aromatic carbocycles. The van der Waals surface area contributed by atoms with E-state index < -0.39 is 11.1 Å². The number of aliphatic carboxylic acids is 1. The second-order valence-corrected chi connectivity index (χ2v) is 15.3. The van der Waals surface area contributed by atoms with Crippen LogP contribution in [0.5, 0.6) is 0 Å². The second-order valence-electron chi connectivity index (χ2n) is 15.3. The molecule has 0 aromatic heterocycles. The summed E-state index contributed by atoms with van der Waals surface area (Å²) in [6.07, 6.45) is 15.2. The van der Waals surface area contributed by atoms with Gasteiger partial charge >= 0.3 is 5.97 Å². The highest BCUT2D eigenvalue weighted by Crippen LogP contribution is 2.76. The van der Waals surface area contributed by atoms with Crippen molar-refractivity contribution in [3.63, 3.8) is 0 Å². The lowest BCUT2D eigenvalue weighted by Crippen LogP contribution is -2.72. The molecule has 8 atom stereocenters. The Balaban J connectivity index is 0.000000106. The van der Waals surface area contributed by atoms with Crippen LogP contribution in [0.2, 0.25) is 0 Å². The number of hydrogen-bond donors (Lipinski definition) is 1. The van der Waals surface area contributed by atoms with E-state index >= 15 is 0 Å². The summed E-state index contributed by atoms with van der Waals surface area (Å²) in [4.78, 5) is 28.4. The predicted octanol–water partition coefficient (Wildman–Crippen LogP) is 5.43. The van der Waals surface area contributed by atoms with Gasteiger partial charge in [-0.25, -0.2) is 0 Å². The minimum absolute atomic E-state index is 0.260. The Morgan fingerprint density at radius 1 is 0.657 bits per heavy atom. The number of hydrogen-bond acceptors (Lipinski definition) is 4. The number of carboxylic acid groups (broad SMARTS) is 1. The molecule has 0 aromatic rings. The van der Waals surface area contributed by atoms with Crippen LogP contribution < -0.4 is 0 Å². The highest BCUT2D eigenvalue weighted by molar-refractivity contribution is 5.77. The molecule has 1 N–H and O–H groups in total. The molecule has 14 rings (SSSR count). The molecular formula is C29H39NO5. The molecule has 8 unspecified atom stereocenters. The van der Waals surface area contributed by atoms with E-state index in [9.17, 15) is 20.0 Å². The predicted molar refractivity (Wildman–Crippen MR) is 125 cm³/mol. The average molecular weight is 482 g/mol. The first-order valence-corrected chi connectivity index (χ1v) is 14.9. The lowest BCUT2D eigenvalue weighted by atomic mass is 9.31. The monoisotopic (exact) mass is 481 g/mol. The van der Waals surface area contributed by atoms with Crippen LogP contribution in [-0.4, -0.2) is 21.8 Å². The number of carboxylic acids is 1. The quantitative estimate of drug-likeness (QED) is 0.428. The van der Waals surface area contributed by atoms with Gasteiger partial charge in [-0.05, 0) is 160 Å². The topological polar surface area (TPSA) is 89.7 Å². The minimum atomic E-state index is -0.482. The first kappa shape index (κ1) is 20.7. The van der Waals surface area contributed by atoms with E-state index in [0.29, 0.717) is 23.7 Å². The fourth-order valence-electron chi connectivity index (χ4n) is 14.5. The SMILES string of the molecule is O=C(O)C12CC3CC4C5CC(CC41)CC2C5C3.O=[N+]([O-])OC12CC3CC4C5CC(CC41)CC2C5C3. The Morgan fingerprint density at radius 3 is 1.57 bits per heavy atom. The van der Waals surface area contributed by atoms with E-state index in [4.69, 9.17) is 4.84 Å². The van der Waals surface area contributed by atoms with E-state index in [0.717, 1.165) is 72.0 Å². The third kappa shape index (κ3) is 2.30. The van der Waals surface area contributed by atoms with Gasteiger partial charge in [-0.3, -0.25) is 4.79 Å². The standard InChI is InChI=1S/C15H20O2.C14H19NO3/c16-14(17)15-6-8-2-10-9-1-7(4-12(10)15)5-13(15)11(9)3-8;16-15(17)18-14-6-8-2-10-9-1-7(4-12(10)14)5-13(14)11(9)3-8/h7-13H,1-6H2,(H,16,17);7-13H,1-6H2. The van der Waals surface area contributed by atoms with Crippen molar-refractivity contribution < 1.29 is 19.8 Å². The van der Waals surface area contributed by atoms with Gasteiger partial charge in [0, 0.05) is 0 Å². The van der Waals surface area contributed by atoms with Crippen molar-refractivity contribution in [2.24, 2.45) is 88.3 Å². The molecule has 0 amide bonds. The van der Waals surface area contributed by atoms with Crippen molar-refractivity contribution in [2.45, 2.75) is 82.7 Å². The lowest BCUT2D eigenvalue weighted by Gasteiger charge is -2.73. The maximum absolute atomic E-state index is 12.0. The van der Waals surface area contributed by atoms with Gasteiger partial charge in [-0.2, -0.15) is 0 Å². The van der Waals surface area contributed by atoms with Crippen LogP contribution in [0.25, 0.3) is 0 Å². The van der Waals surface area contributed by atoms with Crippen LogP contribution >= 0.6 is 0 Å². The molecule has 14 aliphatic carbocycles. The zero-order chi connectivity index (χ0) is 23.4. The van der Waals surface area contributed by atoms with Crippen molar-refractivity contribution in [2.75, 3.05) is 0 Å². The molecule has 190 valence electrons. The number of carbonyl (C=O) groups is 1. The van der Waals surface area contributed by atoms with Crippen LogP contribution in [-0.2, 0) is 9.63 Å². The lowest BCUT2D eigenvalue weighted by molar-refractivity contribution is -0.793. The Bertz CT molecular complexity index is 963. The van der Waals surface area contributed by atoms with Crippen LogP contribution in [0.15, 0.2) is 0 Å². The van der Waals surface area contributed by atoms with E-state index in [1.165, 1.54) is 64.2 Å². The largest absolute Gasteiger partial charge is 0.481 e. The van der Waals surface area contributed by atoms with Crippen molar-refractivity contribution in [1.82, 2.24) is 0 Å². The molecule has 0 aliphatic heterocycles. The summed E-state index contributed by atoms with van der Waals surface area (Å²) in [6, 6.07) is 0. The van der Waals surface area contributed by atoms with Crippen LogP contribution in [0.1, 0.15) is 77.0 Å². The fraction of sp³-hybridized carbons (Fsp3) is 0.966. The molecule has 35 heavy (non-hydrogen) atoms. The maximum atomic E-state index is 12.0. The molecule has 0 heterocycles. The Kier molecular flexibility index (Phi) is 3.77.